The van der Waals surface area contributed by atoms with Crippen molar-refractivity contribution < 1.29 is 14.3 Å². The molecular weight excluding hydrogens is 344 g/mol. The van der Waals surface area contributed by atoms with Crippen molar-refractivity contribution in [2.24, 2.45) is 5.10 Å². The molecule has 0 saturated heterocycles. The fourth-order valence-corrected chi connectivity index (χ4v) is 2.38. The number of carbonyl (C=O) groups excluding carboxylic acids is 1. The third-order valence-electron chi connectivity index (χ3n) is 3.74. The molecule has 0 radical (unpaired) electrons. The van der Waals surface area contributed by atoms with Gasteiger partial charge in [0.15, 0.2) is 17.2 Å². The van der Waals surface area contributed by atoms with E-state index in [1.165, 1.54) is 6.21 Å². The van der Waals surface area contributed by atoms with Gasteiger partial charge in [0.05, 0.1) is 13.3 Å². The summed E-state index contributed by atoms with van der Waals surface area (Å²) in [6, 6.07) is 17.0. The molecule has 138 valence electrons. The summed E-state index contributed by atoms with van der Waals surface area (Å²) in [5.41, 5.74) is 5.36. The Morgan fingerprint density at radius 1 is 1.19 bits per heavy atom. The Hall–Kier alpha value is -3.61. The van der Waals surface area contributed by atoms with E-state index < -0.39 is 0 Å². The second-order valence-electron chi connectivity index (χ2n) is 5.82. The number of ether oxygens (including phenoxy) is 2. The largest absolute Gasteiger partial charge is 0.493 e. The number of aryl methyl sites for hydroxylation is 1. The minimum absolute atomic E-state index is 0.284. The number of nitrogens with one attached hydrogen (secondary N) is 2. The summed E-state index contributed by atoms with van der Waals surface area (Å²) >= 11 is 0. The van der Waals surface area contributed by atoms with Crippen molar-refractivity contribution in [1.29, 1.82) is 0 Å². The summed E-state index contributed by atoms with van der Waals surface area (Å²) in [6.45, 7) is 2.27. The molecule has 0 spiro atoms. The average Bonchev–Trinajstić information content (AvgIpc) is 3.14. The molecule has 27 heavy (non-hydrogen) atoms. The van der Waals surface area contributed by atoms with Crippen molar-refractivity contribution in [1.82, 2.24) is 15.6 Å². The summed E-state index contributed by atoms with van der Waals surface area (Å²) in [4.78, 5) is 11.9. The summed E-state index contributed by atoms with van der Waals surface area (Å²) in [5.74, 6) is 0.837. The van der Waals surface area contributed by atoms with E-state index in [2.05, 4.69) is 20.7 Å². The second-order valence-corrected chi connectivity index (χ2v) is 5.82. The van der Waals surface area contributed by atoms with Crippen LogP contribution in [0, 0.1) is 6.92 Å². The van der Waals surface area contributed by atoms with E-state index >= 15 is 0 Å². The Bertz CT molecular complexity index is 935. The first kappa shape index (κ1) is 18.2. The zero-order valence-electron chi connectivity index (χ0n) is 15.1. The van der Waals surface area contributed by atoms with E-state index in [1.54, 1.807) is 19.2 Å². The fourth-order valence-electron chi connectivity index (χ4n) is 2.38. The number of benzene rings is 2. The van der Waals surface area contributed by atoms with Gasteiger partial charge in [-0.15, -0.1) is 0 Å². The van der Waals surface area contributed by atoms with Crippen LogP contribution in [0.15, 0.2) is 59.7 Å². The molecule has 0 unspecified atom stereocenters. The maximum Gasteiger partial charge on any atom is 0.291 e. The van der Waals surface area contributed by atoms with Gasteiger partial charge in [0.1, 0.15) is 6.61 Å². The minimum atomic E-state index is -0.384. The van der Waals surface area contributed by atoms with Gasteiger partial charge < -0.3 is 9.47 Å². The smallest absolute Gasteiger partial charge is 0.291 e. The molecule has 0 aliphatic rings. The molecule has 2 aromatic carbocycles. The number of hydrazone groups is 1. The SMILES string of the molecule is COc1cc(C=NNC(=O)c2cc(C)[nH]n2)ccc1OCc1ccccc1. The fraction of sp³-hybridized carbons (Fsp3) is 0.150. The minimum Gasteiger partial charge on any atom is -0.493 e. The lowest BCUT2D eigenvalue weighted by Crippen LogP contribution is -2.18. The predicted molar refractivity (Wildman–Crippen MR) is 102 cm³/mol. The topological polar surface area (TPSA) is 88.6 Å². The Kier molecular flexibility index (Phi) is 5.84. The number of H-pyrrole nitrogens is 1. The van der Waals surface area contributed by atoms with E-state index in [-0.39, 0.29) is 11.6 Å². The highest BCUT2D eigenvalue weighted by atomic mass is 16.5. The maximum absolute atomic E-state index is 11.9. The number of methoxy groups -OCH3 is 1. The standard InChI is InChI=1S/C20H20N4O3/c1-14-10-17(23-22-14)20(25)24-21-12-16-8-9-18(19(11-16)26-2)27-13-15-6-4-3-5-7-15/h3-12H,13H2,1-2H3,(H,22,23)(H,24,25). The highest BCUT2D eigenvalue weighted by molar-refractivity contribution is 5.93. The third-order valence-corrected chi connectivity index (χ3v) is 3.74. The van der Waals surface area contributed by atoms with Crippen LogP contribution in [0.3, 0.4) is 0 Å². The van der Waals surface area contributed by atoms with Crippen molar-refractivity contribution in [2.45, 2.75) is 13.5 Å². The van der Waals surface area contributed by atoms with Crippen molar-refractivity contribution in [3.05, 3.63) is 77.1 Å². The number of hydrogen-bond donors (Lipinski definition) is 2. The van der Waals surface area contributed by atoms with E-state index in [0.717, 1.165) is 16.8 Å². The molecule has 1 amide bonds. The molecule has 1 aromatic heterocycles. The van der Waals surface area contributed by atoms with Gasteiger partial charge in [-0.3, -0.25) is 9.89 Å². The number of hydrogen-bond acceptors (Lipinski definition) is 5. The van der Waals surface area contributed by atoms with Crippen LogP contribution in [0.2, 0.25) is 0 Å². The van der Waals surface area contributed by atoms with E-state index in [4.69, 9.17) is 9.47 Å². The van der Waals surface area contributed by atoms with Gasteiger partial charge in [-0.2, -0.15) is 10.2 Å². The lowest BCUT2D eigenvalue weighted by atomic mass is 10.2. The predicted octanol–water partition coefficient (Wildman–Crippen LogP) is 3.07. The lowest BCUT2D eigenvalue weighted by Gasteiger charge is -2.11. The van der Waals surface area contributed by atoms with Crippen molar-refractivity contribution in [2.75, 3.05) is 7.11 Å². The van der Waals surface area contributed by atoms with E-state index in [0.29, 0.717) is 18.1 Å². The van der Waals surface area contributed by atoms with Gasteiger partial charge in [-0.25, -0.2) is 5.43 Å². The van der Waals surface area contributed by atoms with Crippen LogP contribution in [0.1, 0.15) is 27.3 Å². The zero-order valence-corrected chi connectivity index (χ0v) is 15.1. The van der Waals surface area contributed by atoms with E-state index in [1.807, 2.05) is 49.4 Å². The summed E-state index contributed by atoms with van der Waals surface area (Å²) < 4.78 is 11.2. The van der Waals surface area contributed by atoms with Crippen LogP contribution in [-0.4, -0.2) is 29.4 Å². The highest BCUT2D eigenvalue weighted by Gasteiger charge is 2.08. The molecule has 2 N–H and O–H groups in total. The summed E-state index contributed by atoms with van der Waals surface area (Å²) in [6.07, 6.45) is 1.53. The molecule has 7 nitrogen and oxygen atoms in total. The molecule has 0 aliphatic heterocycles. The lowest BCUT2D eigenvalue weighted by molar-refractivity contribution is 0.0950. The number of rotatable bonds is 7. The Morgan fingerprint density at radius 2 is 2.00 bits per heavy atom. The van der Waals surface area contributed by atoms with Gasteiger partial charge in [0, 0.05) is 5.69 Å². The molecule has 0 bridgehead atoms. The molecular formula is C20H20N4O3. The van der Waals surface area contributed by atoms with Crippen LogP contribution in [0.5, 0.6) is 11.5 Å². The molecule has 0 atom stereocenters. The number of nitrogens with zero attached hydrogens (tertiary/aromatic N) is 2. The van der Waals surface area contributed by atoms with Crippen LogP contribution >= 0.6 is 0 Å². The Morgan fingerprint density at radius 3 is 2.70 bits per heavy atom. The summed E-state index contributed by atoms with van der Waals surface area (Å²) in [7, 11) is 1.58. The van der Waals surface area contributed by atoms with Crippen molar-refractivity contribution in [3.8, 4) is 11.5 Å². The Labute approximate surface area is 157 Å². The molecule has 1 heterocycles. The third kappa shape index (κ3) is 4.94. The van der Waals surface area contributed by atoms with Crippen LogP contribution in [0.4, 0.5) is 0 Å². The number of aromatic amines is 1. The number of amides is 1. The summed E-state index contributed by atoms with van der Waals surface area (Å²) in [5, 5.41) is 10.5. The van der Waals surface area contributed by atoms with Gasteiger partial charge in [-0.1, -0.05) is 30.3 Å². The molecule has 7 heteroatoms. The first-order valence-electron chi connectivity index (χ1n) is 8.36. The molecule has 0 aliphatic carbocycles. The first-order valence-corrected chi connectivity index (χ1v) is 8.36. The van der Waals surface area contributed by atoms with Gasteiger partial charge in [0.2, 0.25) is 0 Å². The van der Waals surface area contributed by atoms with Crippen LogP contribution in [0.25, 0.3) is 0 Å². The normalized spacial score (nSPS) is 10.7. The monoisotopic (exact) mass is 364 g/mol. The quantitative estimate of drug-likeness (QED) is 0.498. The average molecular weight is 364 g/mol. The second kappa shape index (κ2) is 8.66. The van der Waals surface area contributed by atoms with Gasteiger partial charge >= 0.3 is 0 Å². The Balaban J connectivity index is 1.62. The molecule has 3 rings (SSSR count). The van der Waals surface area contributed by atoms with Gasteiger partial charge in [0.25, 0.3) is 5.91 Å². The molecule has 3 aromatic rings. The van der Waals surface area contributed by atoms with Crippen molar-refractivity contribution in [3.63, 3.8) is 0 Å². The van der Waals surface area contributed by atoms with Crippen LogP contribution in [-0.2, 0) is 6.61 Å². The van der Waals surface area contributed by atoms with E-state index in [9.17, 15) is 4.79 Å². The van der Waals surface area contributed by atoms with Gasteiger partial charge in [-0.05, 0) is 42.3 Å². The number of aromatic nitrogens is 2. The maximum atomic E-state index is 11.9. The van der Waals surface area contributed by atoms with Crippen LogP contribution < -0.4 is 14.9 Å². The van der Waals surface area contributed by atoms with Crippen molar-refractivity contribution >= 4 is 12.1 Å². The highest BCUT2D eigenvalue weighted by Crippen LogP contribution is 2.28. The molecule has 0 saturated carbocycles. The first-order chi connectivity index (χ1) is 13.2. The molecule has 0 fully saturated rings. The number of carbonyl (C=O) groups is 1. The zero-order chi connectivity index (χ0) is 19.1.